The number of hydrogen-bond donors (Lipinski definition) is 0. The van der Waals surface area contributed by atoms with Crippen LogP contribution in [0.25, 0.3) is 22.2 Å². The SMILES string of the molecule is Cc1cc(-c2ncnc3c[c]([Ge]([CH3])([CH3])[CH3])ccc23)ccc1F. The van der Waals surface area contributed by atoms with Crippen molar-refractivity contribution in [3.05, 3.63) is 54.1 Å². The maximum absolute atomic E-state index is 13.5. The Balaban J connectivity index is 2.20. The van der Waals surface area contributed by atoms with Crippen LogP contribution in [0.3, 0.4) is 0 Å². The Labute approximate surface area is 132 Å². The van der Waals surface area contributed by atoms with Gasteiger partial charge in [-0.2, -0.15) is 0 Å². The van der Waals surface area contributed by atoms with E-state index in [-0.39, 0.29) is 5.82 Å². The van der Waals surface area contributed by atoms with Gasteiger partial charge in [0.15, 0.2) is 0 Å². The van der Waals surface area contributed by atoms with Gasteiger partial charge in [0.05, 0.1) is 0 Å². The molecular formula is C18H19FGeN2. The Morgan fingerprint density at radius 2 is 1.73 bits per heavy atom. The number of aryl methyl sites for hydroxylation is 1. The Kier molecular flexibility index (Phi) is 3.77. The van der Waals surface area contributed by atoms with E-state index in [0.29, 0.717) is 5.56 Å². The van der Waals surface area contributed by atoms with Crippen LogP contribution < -0.4 is 4.40 Å². The van der Waals surface area contributed by atoms with Gasteiger partial charge in [-0.3, -0.25) is 0 Å². The molecule has 0 aliphatic heterocycles. The fourth-order valence-corrected chi connectivity index (χ4v) is 4.96. The Morgan fingerprint density at radius 1 is 0.955 bits per heavy atom. The van der Waals surface area contributed by atoms with Crippen LogP contribution in [0.5, 0.6) is 0 Å². The molecule has 22 heavy (non-hydrogen) atoms. The van der Waals surface area contributed by atoms with Crippen molar-refractivity contribution in [3.63, 3.8) is 0 Å². The predicted octanol–water partition coefficient (Wildman–Crippen LogP) is 4.29. The van der Waals surface area contributed by atoms with Crippen LogP contribution in [-0.4, -0.2) is 23.2 Å². The molecule has 0 aliphatic carbocycles. The standard InChI is InChI=1S/C18H19FGeN2/c1-12-9-13(5-8-16(12)19)18-15-7-6-14(20(2,3)4)10-17(15)21-11-22-18/h5-11H,1-4H3. The van der Waals surface area contributed by atoms with E-state index in [2.05, 4.69) is 45.4 Å². The van der Waals surface area contributed by atoms with Crippen molar-refractivity contribution in [2.45, 2.75) is 24.2 Å². The molecule has 0 amide bonds. The third-order valence-electron chi connectivity index (χ3n) is 3.93. The molecule has 0 saturated heterocycles. The van der Waals surface area contributed by atoms with Gasteiger partial charge in [-0.1, -0.05) is 0 Å². The van der Waals surface area contributed by atoms with Gasteiger partial charge in [0.1, 0.15) is 0 Å². The van der Waals surface area contributed by atoms with Crippen molar-refractivity contribution in [3.8, 4) is 11.3 Å². The molecule has 1 heterocycles. The second-order valence-electron chi connectivity index (χ2n) is 6.67. The number of rotatable bonds is 2. The van der Waals surface area contributed by atoms with E-state index in [4.69, 9.17) is 0 Å². The molecule has 0 aliphatic rings. The molecule has 0 spiro atoms. The van der Waals surface area contributed by atoms with Gasteiger partial charge >= 0.3 is 132 Å². The molecule has 0 atom stereocenters. The first-order valence-corrected chi connectivity index (χ1v) is 14.7. The van der Waals surface area contributed by atoms with E-state index in [1.54, 1.807) is 19.3 Å². The monoisotopic (exact) mass is 356 g/mol. The van der Waals surface area contributed by atoms with Crippen molar-refractivity contribution in [1.29, 1.82) is 0 Å². The Hall–Kier alpha value is -1.75. The second-order valence-corrected chi connectivity index (χ2v) is 17.3. The number of fused-ring (bicyclic) bond motifs is 1. The van der Waals surface area contributed by atoms with Gasteiger partial charge in [0, 0.05) is 0 Å². The van der Waals surface area contributed by atoms with E-state index in [0.717, 1.165) is 22.2 Å². The zero-order valence-corrected chi connectivity index (χ0v) is 15.4. The molecule has 3 rings (SSSR count). The van der Waals surface area contributed by atoms with E-state index in [9.17, 15) is 4.39 Å². The van der Waals surface area contributed by atoms with Gasteiger partial charge in [-0.25, -0.2) is 0 Å². The summed E-state index contributed by atoms with van der Waals surface area (Å²) in [6.07, 6.45) is 1.59. The molecule has 0 unspecified atom stereocenters. The topological polar surface area (TPSA) is 25.8 Å². The zero-order chi connectivity index (χ0) is 15.9. The summed E-state index contributed by atoms with van der Waals surface area (Å²) in [6.45, 7) is 1.77. The summed E-state index contributed by atoms with van der Waals surface area (Å²) in [6, 6.07) is 11.6. The van der Waals surface area contributed by atoms with Crippen LogP contribution in [0.4, 0.5) is 4.39 Å². The molecule has 0 fully saturated rings. The number of halogens is 1. The predicted molar refractivity (Wildman–Crippen MR) is 92.6 cm³/mol. The summed E-state index contributed by atoms with van der Waals surface area (Å²) < 4.78 is 14.9. The molecule has 112 valence electrons. The molecular weight excluding hydrogens is 336 g/mol. The molecule has 3 aromatic rings. The Morgan fingerprint density at radius 3 is 2.41 bits per heavy atom. The van der Waals surface area contributed by atoms with Crippen molar-refractivity contribution in [1.82, 2.24) is 9.97 Å². The average molecular weight is 355 g/mol. The number of nitrogens with zero attached hydrogens (tertiary/aromatic N) is 2. The third-order valence-corrected chi connectivity index (χ3v) is 8.22. The molecule has 4 heteroatoms. The van der Waals surface area contributed by atoms with Gasteiger partial charge in [0.25, 0.3) is 0 Å². The summed E-state index contributed by atoms with van der Waals surface area (Å²) >= 11 is -1.88. The Bertz CT molecular complexity index is 853. The number of aromatic nitrogens is 2. The summed E-state index contributed by atoms with van der Waals surface area (Å²) in [5.74, 6) is 6.91. The first-order chi connectivity index (χ1) is 10.4. The molecule has 0 radical (unpaired) electrons. The van der Waals surface area contributed by atoms with E-state index >= 15 is 0 Å². The van der Waals surface area contributed by atoms with E-state index < -0.39 is 13.3 Å². The quantitative estimate of drug-likeness (QED) is 0.641. The van der Waals surface area contributed by atoms with Crippen molar-refractivity contribution >= 4 is 28.6 Å². The first kappa shape index (κ1) is 15.2. The molecule has 1 aromatic heterocycles. The van der Waals surface area contributed by atoms with Crippen LogP contribution in [-0.2, 0) is 0 Å². The zero-order valence-electron chi connectivity index (χ0n) is 13.3. The minimum absolute atomic E-state index is 0.190. The van der Waals surface area contributed by atoms with Crippen LogP contribution in [0.1, 0.15) is 5.56 Å². The minimum atomic E-state index is -1.88. The third kappa shape index (κ3) is 2.77. The van der Waals surface area contributed by atoms with Gasteiger partial charge in [-0.15, -0.1) is 0 Å². The molecule has 0 N–H and O–H groups in total. The van der Waals surface area contributed by atoms with Crippen molar-refractivity contribution in [2.24, 2.45) is 0 Å². The first-order valence-electron chi connectivity index (χ1n) is 7.38. The molecule has 2 aromatic carbocycles. The van der Waals surface area contributed by atoms with E-state index in [1.165, 1.54) is 10.5 Å². The molecule has 0 bridgehead atoms. The summed E-state index contributed by atoms with van der Waals surface area (Å²) in [5, 5.41) is 1.02. The van der Waals surface area contributed by atoms with Crippen molar-refractivity contribution < 1.29 is 4.39 Å². The van der Waals surface area contributed by atoms with Crippen LogP contribution in [0.15, 0.2) is 42.7 Å². The summed E-state index contributed by atoms with van der Waals surface area (Å²) in [5.41, 5.74) is 3.38. The van der Waals surface area contributed by atoms with Crippen LogP contribution >= 0.6 is 0 Å². The summed E-state index contributed by atoms with van der Waals surface area (Å²) in [4.78, 5) is 8.85. The number of benzene rings is 2. The second kappa shape index (κ2) is 5.47. The maximum atomic E-state index is 13.5. The summed E-state index contributed by atoms with van der Waals surface area (Å²) in [7, 11) is 0. The van der Waals surface area contributed by atoms with Gasteiger partial charge in [-0.05, 0) is 0 Å². The van der Waals surface area contributed by atoms with E-state index in [1.807, 2.05) is 6.07 Å². The van der Waals surface area contributed by atoms with Crippen LogP contribution in [0.2, 0.25) is 17.3 Å². The van der Waals surface area contributed by atoms with Crippen LogP contribution in [0, 0.1) is 12.7 Å². The van der Waals surface area contributed by atoms with Gasteiger partial charge in [0.2, 0.25) is 0 Å². The normalized spacial score (nSPS) is 11.9. The van der Waals surface area contributed by atoms with Crippen molar-refractivity contribution in [2.75, 3.05) is 0 Å². The molecule has 0 saturated carbocycles. The fourth-order valence-electron chi connectivity index (χ4n) is 2.55. The van der Waals surface area contributed by atoms with Gasteiger partial charge < -0.3 is 0 Å². The average Bonchev–Trinajstić information content (AvgIpc) is 2.48. The fraction of sp³-hybridized carbons (Fsp3) is 0.222. The number of hydrogen-bond acceptors (Lipinski definition) is 2. The molecule has 2 nitrogen and oxygen atoms in total.